The molecule has 1 heterocycles. The maximum atomic E-state index is 5.51. The van der Waals surface area contributed by atoms with Gasteiger partial charge in [0.05, 0.1) is 18.4 Å². The predicted molar refractivity (Wildman–Crippen MR) is 77.9 cm³/mol. The average Bonchev–Trinajstić information content (AvgIpc) is 2.69. The molecule has 0 unspecified atom stereocenters. The van der Waals surface area contributed by atoms with Crippen molar-refractivity contribution < 1.29 is 4.74 Å². The van der Waals surface area contributed by atoms with Gasteiger partial charge in [-0.1, -0.05) is 17.4 Å². The van der Waals surface area contributed by atoms with Crippen molar-refractivity contribution in [1.82, 2.24) is 4.98 Å². The fraction of sp³-hybridized carbons (Fsp3) is 0.357. The highest BCUT2D eigenvalue weighted by Gasteiger charge is 2.15. The van der Waals surface area contributed by atoms with Crippen molar-refractivity contribution in [3.8, 4) is 16.3 Å². The number of aryl methyl sites for hydroxylation is 3. The van der Waals surface area contributed by atoms with Gasteiger partial charge in [-0.3, -0.25) is 0 Å². The van der Waals surface area contributed by atoms with Crippen LogP contribution in [0.3, 0.4) is 0 Å². The van der Waals surface area contributed by atoms with Gasteiger partial charge < -0.3 is 10.1 Å². The van der Waals surface area contributed by atoms with Gasteiger partial charge in [-0.05, 0) is 38.0 Å². The zero-order chi connectivity index (χ0) is 13.3. The zero-order valence-corrected chi connectivity index (χ0v) is 12.2. The van der Waals surface area contributed by atoms with Gasteiger partial charge in [0.25, 0.3) is 0 Å². The molecule has 0 aliphatic carbocycles. The second kappa shape index (κ2) is 4.98. The highest BCUT2D eigenvalue weighted by atomic mass is 32.1. The smallest absolute Gasteiger partial charge is 0.132 e. The first-order valence-electron chi connectivity index (χ1n) is 5.87. The highest BCUT2D eigenvalue weighted by molar-refractivity contribution is 7.19. The van der Waals surface area contributed by atoms with E-state index >= 15 is 0 Å². The summed E-state index contributed by atoms with van der Waals surface area (Å²) in [5.41, 5.74) is 4.47. The highest BCUT2D eigenvalue weighted by Crippen LogP contribution is 2.38. The van der Waals surface area contributed by atoms with Crippen LogP contribution in [0.5, 0.6) is 5.75 Å². The summed E-state index contributed by atoms with van der Waals surface area (Å²) in [4.78, 5) is 4.62. The second-order valence-corrected chi connectivity index (χ2v) is 5.35. The van der Waals surface area contributed by atoms with Crippen LogP contribution in [-0.4, -0.2) is 19.1 Å². The summed E-state index contributed by atoms with van der Waals surface area (Å²) >= 11 is 1.66. The van der Waals surface area contributed by atoms with E-state index in [4.69, 9.17) is 4.74 Å². The fourth-order valence-electron chi connectivity index (χ4n) is 2.13. The first-order valence-corrected chi connectivity index (χ1v) is 6.69. The quantitative estimate of drug-likeness (QED) is 0.914. The van der Waals surface area contributed by atoms with Crippen LogP contribution >= 0.6 is 11.3 Å². The third kappa shape index (κ3) is 2.20. The standard InChI is InChI=1S/C14H18N2OS/c1-8-6-9(2)12(17-5)11(7-8)14-16-10(3)13(15-4)18-14/h6-7,15H,1-5H3. The topological polar surface area (TPSA) is 34.1 Å². The number of methoxy groups -OCH3 is 1. The lowest BCUT2D eigenvalue weighted by Gasteiger charge is -2.10. The van der Waals surface area contributed by atoms with E-state index in [-0.39, 0.29) is 0 Å². The van der Waals surface area contributed by atoms with Gasteiger partial charge in [0.15, 0.2) is 0 Å². The van der Waals surface area contributed by atoms with E-state index < -0.39 is 0 Å². The first kappa shape index (κ1) is 12.9. The Bertz CT molecular complexity index is 575. The molecule has 4 heteroatoms. The summed E-state index contributed by atoms with van der Waals surface area (Å²) in [6.07, 6.45) is 0. The van der Waals surface area contributed by atoms with E-state index in [1.54, 1.807) is 18.4 Å². The Hall–Kier alpha value is -1.55. The van der Waals surface area contributed by atoms with Crippen molar-refractivity contribution in [1.29, 1.82) is 0 Å². The van der Waals surface area contributed by atoms with Gasteiger partial charge in [-0.25, -0.2) is 4.98 Å². The van der Waals surface area contributed by atoms with E-state index in [9.17, 15) is 0 Å². The predicted octanol–water partition coefficient (Wildman–Crippen LogP) is 3.79. The van der Waals surface area contributed by atoms with E-state index in [1.165, 1.54) is 5.56 Å². The van der Waals surface area contributed by atoms with Gasteiger partial charge in [0.2, 0.25) is 0 Å². The van der Waals surface area contributed by atoms with Crippen LogP contribution in [-0.2, 0) is 0 Å². The van der Waals surface area contributed by atoms with Crippen molar-refractivity contribution in [2.75, 3.05) is 19.5 Å². The molecule has 0 radical (unpaired) electrons. The lowest BCUT2D eigenvalue weighted by molar-refractivity contribution is 0.413. The summed E-state index contributed by atoms with van der Waals surface area (Å²) in [7, 11) is 3.63. The Kier molecular flexibility index (Phi) is 3.57. The lowest BCUT2D eigenvalue weighted by atomic mass is 10.1. The third-order valence-corrected chi connectivity index (χ3v) is 4.09. The lowest BCUT2D eigenvalue weighted by Crippen LogP contribution is -1.92. The van der Waals surface area contributed by atoms with Crippen molar-refractivity contribution in [2.45, 2.75) is 20.8 Å². The molecule has 1 aromatic heterocycles. The Morgan fingerprint density at radius 1 is 1.22 bits per heavy atom. The molecular weight excluding hydrogens is 244 g/mol. The molecule has 0 spiro atoms. The molecule has 3 nitrogen and oxygen atoms in total. The number of anilines is 1. The summed E-state index contributed by atoms with van der Waals surface area (Å²) in [5, 5.41) is 5.27. The van der Waals surface area contributed by atoms with E-state index in [2.05, 4.69) is 36.3 Å². The van der Waals surface area contributed by atoms with Crippen LogP contribution in [0.1, 0.15) is 16.8 Å². The number of hydrogen-bond acceptors (Lipinski definition) is 4. The summed E-state index contributed by atoms with van der Waals surface area (Å²) in [6, 6.07) is 4.26. The molecule has 2 rings (SSSR count). The number of nitrogens with zero attached hydrogens (tertiary/aromatic N) is 1. The maximum Gasteiger partial charge on any atom is 0.132 e. The van der Waals surface area contributed by atoms with Gasteiger partial charge in [0.1, 0.15) is 15.8 Å². The SMILES string of the molecule is CNc1sc(-c2cc(C)cc(C)c2OC)nc1C. The fourth-order valence-corrected chi connectivity index (χ4v) is 3.06. The van der Waals surface area contributed by atoms with Crippen LogP contribution < -0.4 is 10.1 Å². The third-order valence-electron chi connectivity index (χ3n) is 2.88. The molecule has 0 atom stereocenters. The summed E-state index contributed by atoms with van der Waals surface area (Å²) < 4.78 is 5.51. The van der Waals surface area contributed by atoms with Crippen molar-refractivity contribution in [3.63, 3.8) is 0 Å². The molecule has 0 fully saturated rings. The van der Waals surface area contributed by atoms with Crippen LogP contribution in [0.2, 0.25) is 0 Å². The molecule has 0 amide bonds. The molecular formula is C14H18N2OS. The van der Waals surface area contributed by atoms with E-state index in [1.807, 2.05) is 14.0 Å². The Balaban J connectivity index is 2.61. The first-order chi connectivity index (χ1) is 8.56. The summed E-state index contributed by atoms with van der Waals surface area (Å²) in [5.74, 6) is 0.914. The Morgan fingerprint density at radius 2 is 1.94 bits per heavy atom. The monoisotopic (exact) mass is 262 g/mol. The molecule has 18 heavy (non-hydrogen) atoms. The Morgan fingerprint density at radius 3 is 2.50 bits per heavy atom. The van der Waals surface area contributed by atoms with E-state index in [0.717, 1.165) is 32.6 Å². The van der Waals surface area contributed by atoms with Gasteiger partial charge in [0, 0.05) is 7.05 Å². The Labute approximate surface area is 112 Å². The largest absolute Gasteiger partial charge is 0.496 e. The average molecular weight is 262 g/mol. The molecule has 0 aliphatic rings. The maximum absolute atomic E-state index is 5.51. The molecule has 0 aliphatic heterocycles. The molecule has 1 N–H and O–H groups in total. The molecule has 2 aromatic rings. The van der Waals surface area contributed by atoms with E-state index in [0.29, 0.717) is 0 Å². The molecule has 96 valence electrons. The number of thiazole rings is 1. The van der Waals surface area contributed by atoms with Crippen LogP contribution in [0.4, 0.5) is 5.00 Å². The van der Waals surface area contributed by atoms with Crippen molar-refractivity contribution in [3.05, 3.63) is 29.0 Å². The number of hydrogen-bond donors (Lipinski definition) is 1. The van der Waals surface area contributed by atoms with Gasteiger partial charge in [-0.15, -0.1) is 0 Å². The molecule has 1 aromatic carbocycles. The van der Waals surface area contributed by atoms with Gasteiger partial charge >= 0.3 is 0 Å². The van der Waals surface area contributed by atoms with Crippen LogP contribution in [0.15, 0.2) is 12.1 Å². The minimum absolute atomic E-state index is 0.914. The number of nitrogens with one attached hydrogen (secondary N) is 1. The second-order valence-electron chi connectivity index (χ2n) is 4.35. The number of rotatable bonds is 3. The minimum Gasteiger partial charge on any atom is -0.496 e. The number of aromatic nitrogens is 1. The number of benzene rings is 1. The summed E-state index contributed by atoms with van der Waals surface area (Å²) in [6.45, 7) is 6.17. The van der Waals surface area contributed by atoms with Crippen LogP contribution in [0.25, 0.3) is 10.6 Å². The zero-order valence-electron chi connectivity index (χ0n) is 11.4. The van der Waals surface area contributed by atoms with Crippen molar-refractivity contribution in [2.24, 2.45) is 0 Å². The normalized spacial score (nSPS) is 10.5. The van der Waals surface area contributed by atoms with Gasteiger partial charge in [-0.2, -0.15) is 0 Å². The number of ether oxygens (including phenoxy) is 1. The molecule has 0 saturated heterocycles. The molecule has 0 bridgehead atoms. The van der Waals surface area contributed by atoms with Crippen LogP contribution in [0, 0.1) is 20.8 Å². The van der Waals surface area contributed by atoms with Crippen molar-refractivity contribution >= 4 is 16.3 Å². The minimum atomic E-state index is 0.914. The molecule has 0 saturated carbocycles.